The first kappa shape index (κ1) is 11.6. The third-order valence-electron chi connectivity index (χ3n) is 2.46. The van der Waals surface area contributed by atoms with Gasteiger partial charge in [0.15, 0.2) is 0 Å². The lowest BCUT2D eigenvalue weighted by Crippen LogP contribution is -2.17. The van der Waals surface area contributed by atoms with Crippen LogP contribution >= 0.6 is 0 Å². The highest BCUT2D eigenvalue weighted by atomic mass is 16.5. The summed E-state index contributed by atoms with van der Waals surface area (Å²) in [6, 6.07) is 7.60. The number of nitrogen functional groups attached to an aromatic ring is 1. The summed E-state index contributed by atoms with van der Waals surface area (Å²) in [4.78, 5) is 11.4. The van der Waals surface area contributed by atoms with Gasteiger partial charge in [-0.1, -0.05) is 19.1 Å². The van der Waals surface area contributed by atoms with Crippen LogP contribution < -0.4 is 5.73 Å². The Morgan fingerprint density at radius 1 is 1.53 bits per heavy atom. The summed E-state index contributed by atoms with van der Waals surface area (Å²) in [5.74, 6) is -0.225. The SMILES string of the molecule is CCC(Cc1cccc(N)c1)C(=O)OC. The summed E-state index contributed by atoms with van der Waals surface area (Å²) >= 11 is 0. The topological polar surface area (TPSA) is 52.3 Å². The van der Waals surface area contributed by atoms with Crippen LogP contribution in [0.3, 0.4) is 0 Å². The molecule has 0 saturated carbocycles. The van der Waals surface area contributed by atoms with Crippen LogP contribution in [-0.4, -0.2) is 13.1 Å². The molecular formula is C12H17NO2. The molecule has 0 radical (unpaired) electrons. The first-order valence-electron chi connectivity index (χ1n) is 5.09. The molecule has 1 aromatic carbocycles. The molecule has 3 nitrogen and oxygen atoms in total. The second-order valence-electron chi connectivity index (χ2n) is 3.58. The molecule has 1 atom stereocenters. The van der Waals surface area contributed by atoms with Gasteiger partial charge in [0.1, 0.15) is 0 Å². The van der Waals surface area contributed by atoms with Gasteiger partial charge in [-0.25, -0.2) is 0 Å². The quantitative estimate of drug-likeness (QED) is 0.607. The predicted molar refractivity (Wildman–Crippen MR) is 60.4 cm³/mol. The van der Waals surface area contributed by atoms with Gasteiger partial charge in [0.05, 0.1) is 13.0 Å². The van der Waals surface area contributed by atoms with Gasteiger partial charge < -0.3 is 10.5 Å². The average molecular weight is 207 g/mol. The van der Waals surface area contributed by atoms with E-state index in [0.717, 1.165) is 17.7 Å². The lowest BCUT2D eigenvalue weighted by atomic mass is 9.97. The van der Waals surface area contributed by atoms with Crippen LogP contribution in [0.5, 0.6) is 0 Å². The van der Waals surface area contributed by atoms with Gasteiger partial charge in [0.2, 0.25) is 0 Å². The number of nitrogens with two attached hydrogens (primary N) is 1. The molecule has 0 spiro atoms. The minimum atomic E-state index is -0.153. The van der Waals surface area contributed by atoms with Crippen molar-refractivity contribution in [2.75, 3.05) is 12.8 Å². The molecular weight excluding hydrogens is 190 g/mol. The third kappa shape index (κ3) is 3.27. The Hall–Kier alpha value is -1.51. The molecule has 1 unspecified atom stereocenters. The maximum absolute atomic E-state index is 11.4. The van der Waals surface area contributed by atoms with Crippen LogP contribution in [0.2, 0.25) is 0 Å². The van der Waals surface area contributed by atoms with Crippen LogP contribution in [0.1, 0.15) is 18.9 Å². The van der Waals surface area contributed by atoms with Crippen molar-refractivity contribution >= 4 is 11.7 Å². The van der Waals surface area contributed by atoms with Gasteiger partial charge in [0, 0.05) is 5.69 Å². The standard InChI is InChI=1S/C12H17NO2/c1-3-10(12(14)15-2)7-9-5-4-6-11(13)8-9/h4-6,8,10H,3,7,13H2,1-2H3. The highest BCUT2D eigenvalue weighted by Crippen LogP contribution is 2.15. The molecule has 3 heteroatoms. The lowest BCUT2D eigenvalue weighted by molar-refractivity contribution is -0.145. The number of rotatable bonds is 4. The second kappa shape index (κ2) is 5.39. The van der Waals surface area contributed by atoms with E-state index >= 15 is 0 Å². The Kier molecular flexibility index (Phi) is 4.16. The number of benzene rings is 1. The number of methoxy groups -OCH3 is 1. The van der Waals surface area contributed by atoms with E-state index in [1.54, 1.807) is 0 Å². The maximum atomic E-state index is 11.4. The molecule has 0 bridgehead atoms. The Labute approximate surface area is 90.2 Å². The fourth-order valence-electron chi connectivity index (χ4n) is 1.57. The van der Waals surface area contributed by atoms with E-state index in [1.807, 2.05) is 31.2 Å². The molecule has 82 valence electrons. The average Bonchev–Trinajstić information content (AvgIpc) is 2.25. The summed E-state index contributed by atoms with van der Waals surface area (Å²) in [5.41, 5.74) is 7.47. The number of hydrogen-bond acceptors (Lipinski definition) is 3. The first-order chi connectivity index (χ1) is 7.17. The van der Waals surface area contributed by atoms with Crippen LogP contribution in [0.4, 0.5) is 5.69 Å². The largest absolute Gasteiger partial charge is 0.469 e. The van der Waals surface area contributed by atoms with Gasteiger partial charge in [0.25, 0.3) is 0 Å². The van der Waals surface area contributed by atoms with Crippen LogP contribution in [-0.2, 0) is 16.0 Å². The first-order valence-corrected chi connectivity index (χ1v) is 5.09. The fraction of sp³-hybridized carbons (Fsp3) is 0.417. The van der Waals surface area contributed by atoms with Gasteiger partial charge in [-0.05, 0) is 30.5 Å². The molecule has 0 fully saturated rings. The number of esters is 1. The monoisotopic (exact) mass is 207 g/mol. The van der Waals surface area contributed by atoms with Gasteiger partial charge in [-0.3, -0.25) is 4.79 Å². The van der Waals surface area contributed by atoms with E-state index in [2.05, 4.69) is 0 Å². The maximum Gasteiger partial charge on any atom is 0.308 e. The molecule has 15 heavy (non-hydrogen) atoms. The molecule has 0 aliphatic carbocycles. The van der Waals surface area contributed by atoms with Crippen molar-refractivity contribution in [3.8, 4) is 0 Å². The van der Waals surface area contributed by atoms with E-state index < -0.39 is 0 Å². The van der Waals surface area contributed by atoms with Crippen LogP contribution in [0.15, 0.2) is 24.3 Å². The van der Waals surface area contributed by atoms with Crippen molar-refractivity contribution in [1.29, 1.82) is 0 Å². The van der Waals surface area contributed by atoms with Crippen molar-refractivity contribution in [2.45, 2.75) is 19.8 Å². The van der Waals surface area contributed by atoms with E-state index in [9.17, 15) is 4.79 Å². The van der Waals surface area contributed by atoms with E-state index in [0.29, 0.717) is 6.42 Å². The van der Waals surface area contributed by atoms with Gasteiger partial charge >= 0.3 is 5.97 Å². The van der Waals surface area contributed by atoms with Gasteiger partial charge in [-0.15, -0.1) is 0 Å². The zero-order valence-electron chi connectivity index (χ0n) is 9.19. The van der Waals surface area contributed by atoms with Crippen molar-refractivity contribution in [3.05, 3.63) is 29.8 Å². The zero-order valence-corrected chi connectivity index (χ0v) is 9.19. The molecule has 0 amide bonds. The lowest BCUT2D eigenvalue weighted by Gasteiger charge is -2.12. The van der Waals surface area contributed by atoms with E-state index in [1.165, 1.54) is 7.11 Å². The van der Waals surface area contributed by atoms with Crippen molar-refractivity contribution in [3.63, 3.8) is 0 Å². The zero-order chi connectivity index (χ0) is 11.3. The Morgan fingerprint density at radius 3 is 2.80 bits per heavy atom. The fourth-order valence-corrected chi connectivity index (χ4v) is 1.57. The Morgan fingerprint density at radius 2 is 2.27 bits per heavy atom. The van der Waals surface area contributed by atoms with Crippen molar-refractivity contribution < 1.29 is 9.53 Å². The summed E-state index contributed by atoms with van der Waals surface area (Å²) in [5, 5.41) is 0. The van der Waals surface area contributed by atoms with Crippen molar-refractivity contribution in [1.82, 2.24) is 0 Å². The number of ether oxygens (including phenoxy) is 1. The predicted octanol–water partition coefficient (Wildman–Crippen LogP) is 2.01. The molecule has 0 aliphatic rings. The van der Waals surface area contributed by atoms with Crippen LogP contribution in [0.25, 0.3) is 0 Å². The van der Waals surface area contributed by atoms with Crippen LogP contribution in [0, 0.1) is 5.92 Å². The Bertz CT molecular complexity index is 336. The third-order valence-corrected chi connectivity index (χ3v) is 2.46. The number of carbonyl (C=O) groups excluding carboxylic acids is 1. The summed E-state index contributed by atoms with van der Waals surface area (Å²) in [6.07, 6.45) is 1.47. The molecule has 0 heterocycles. The molecule has 0 saturated heterocycles. The highest BCUT2D eigenvalue weighted by Gasteiger charge is 2.17. The number of carbonyl (C=O) groups is 1. The van der Waals surface area contributed by atoms with E-state index in [-0.39, 0.29) is 11.9 Å². The number of anilines is 1. The minimum absolute atomic E-state index is 0.0724. The molecule has 0 aromatic heterocycles. The molecule has 2 N–H and O–H groups in total. The summed E-state index contributed by atoms with van der Waals surface area (Å²) in [6.45, 7) is 1.98. The number of hydrogen-bond donors (Lipinski definition) is 1. The highest BCUT2D eigenvalue weighted by molar-refractivity contribution is 5.72. The summed E-state index contributed by atoms with van der Waals surface area (Å²) < 4.78 is 4.74. The molecule has 1 rings (SSSR count). The molecule has 0 aliphatic heterocycles. The minimum Gasteiger partial charge on any atom is -0.469 e. The van der Waals surface area contributed by atoms with Gasteiger partial charge in [-0.2, -0.15) is 0 Å². The Balaban J connectivity index is 2.70. The van der Waals surface area contributed by atoms with E-state index in [4.69, 9.17) is 10.5 Å². The summed E-state index contributed by atoms with van der Waals surface area (Å²) in [7, 11) is 1.42. The molecule has 1 aromatic rings. The smallest absolute Gasteiger partial charge is 0.308 e. The second-order valence-corrected chi connectivity index (χ2v) is 3.58. The van der Waals surface area contributed by atoms with Crippen molar-refractivity contribution in [2.24, 2.45) is 5.92 Å². The normalized spacial score (nSPS) is 12.1.